The fraction of sp³-hybridized carbons (Fsp3) is 0.467. The van der Waals surface area contributed by atoms with Crippen molar-refractivity contribution in [3.8, 4) is 0 Å². The Balaban J connectivity index is 1.78. The zero-order valence-electron chi connectivity index (χ0n) is 12.4. The van der Waals surface area contributed by atoms with Crippen molar-refractivity contribution in [2.24, 2.45) is 5.84 Å². The fourth-order valence-electron chi connectivity index (χ4n) is 2.35. The third-order valence-corrected chi connectivity index (χ3v) is 4.61. The monoisotopic (exact) mass is 303 g/mol. The average molecular weight is 303 g/mol. The summed E-state index contributed by atoms with van der Waals surface area (Å²) in [5, 5.41) is 5.62. The lowest BCUT2D eigenvalue weighted by atomic mass is 10.2. The predicted octanol–water partition coefficient (Wildman–Crippen LogP) is 3.05. The normalized spacial score (nSPS) is 15.8. The maximum absolute atomic E-state index is 5.58. The molecule has 2 aromatic heterocycles. The number of anilines is 2. The number of thiophene rings is 1. The molecule has 0 aromatic carbocycles. The Morgan fingerprint density at radius 3 is 2.76 bits per heavy atom. The van der Waals surface area contributed by atoms with Gasteiger partial charge in [-0.3, -0.25) is 0 Å². The highest BCUT2D eigenvalue weighted by Crippen LogP contribution is 2.39. The number of nitrogens with zero attached hydrogens (tertiary/aromatic N) is 2. The third-order valence-electron chi connectivity index (χ3n) is 3.71. The van der Waals surface area contributed by atoms with Gasteiger partial charge in [0.05, 0.1) is 0 Å². The van der Waals surface area contributed by atoms with Gasteiger partial charge in [-0.25, -0.2) is 15.8 Å². The van der Waals surface area contributed by atoms with Crippen LogP contribution in [0.3, 0.4) is 0 Å². The highest BCUT2D eigenvalue weighted by molar-refractivity contribution is 7.09. The summed E-state index contributed by atoms with van der Waals surface area (Å²) in [6, 6.07) is 4.57. The standard InChI is InChI=1S/C15H21N5S/c1-9(8-12-4-3-7-21-12)17-13-10(2)14(20-16)19-15(18-13)11-5-6-11/h3-4,7,9,11H,5-6,8,16H2,1-2H3,(H2,17,18,19,20). The van der Waals surface area contributed by atoms with Gasteiger partial charge in [0.15, 0.2) is 0 Å². The Morgan fingerprint density at radius 2 is 2.14 bits per heavy atom. The molecule has 0 saturated heterocycles. The van der Waals surface area contributed by atoms with Gasteiger partial charge in [-0.15, -0.1) is 11.3 Å². The van der Waals surface area contributed by atoms with Crippen LogP contribution < -0.4 is 16.6 Å². The van der Waals surface area contributed by atoms with Gasteiger partial charge in [-0.1, -0.05) is 6.07 Å². The van der Waals surface area contributed by atoms with Crippen molar-refractivity contribution in [1.82, 2.24) is 9.97 Å². The highest BCUT2D eigenvalue weighted by atomic mass is 32.1. The first-order valence-electron chi connectivity index (χ1n) is 7.31. The first kappa shape index (κ1) is 14.3. The molecule has 1 fully saturated rings. The number of rotatable bonds is 6. The molecular formula is C15H21N5S. The minimum Gasteiger partial charge on any atom is -0.367 e. The van der Waals surface area contributed by atoms with Crippen molar-refractivity contribution in [3.05, 3.63) is 33.8 Å². The topological polar surface area (TPSA) is 75.9 Å². The molecule has 0 amide bonds. The number of nitrogen functional groups attached to an aromatic ring is 1. The predicted molar refractivity (Wildman–Crippen MR) is 87.7 cm³/mol. The van der Waals surface area contributed by atoms with E-state index in [-0.39, 0.29) is 0 Å². The second kappa shape index (κ2) is 5.99. The van der Waals surface area contributed by atoms with Crippen LogP contribution in [0, 0.1) is 6.92 Å². The van der Waals surface area contributed by atoms with Crippen molar-refractivity contribution in [1.29, 1.82) is 0 Å². The average Bonchev–Trinajstić information content (AvgIpc) is 3.20. The second-order valence-electron chi connectivity index (χ2n) is 5.65. The van der Waals surface area contributed by atoms with Crippen LogP contribution in [0.25, 0.3) is 0 Å². The minimum absolute atomic E-state index is 0.315. The van der Waals surface area contributed by atoms with E-state index in [1.54, 1.807) is 11.3 Å². The van der Waals surface area contributed by atoms with Crippen LogP contribution in [0.5, 0.6) is 0 Å². The summed E-state index contributed by atoms with van der Waals surface area (Å²) >= 11 is 1.79. The lowest BCUT2D eigenvalue weighted by Crippen LogP contribution is -2.21. The Kier molecular flexibility index (Phi) is 4.07. The lowest BCUT2D eigenvalue weighted by molar-refractivity contribution is 0.785. The molecule has 3 rings (SSSR count). The molecule has 0 aliphatic heterocycles. The van der Waals surface area contributed by atoms with Gasteiger partial charge in [0, 0.05) is 28.8 Å². The molecule has 2 heterocycles. The molecule has 1 unspecified atom stereocenters. The molecule has 0 radical (unpaired) electrons. The van der Waals surface area contributed by atoms with Gasteiger partial charge in [-0.05, 0) is 38.1 Å². The van der Waals surface area contributed by atoms with E-state index < -0.39 is 0 Å². The fourth-order valence-corrected chi connectivity index (χ4v) is 3.19. The Morgan fingerprint density at radius 1 is 1.38 bits per heavy atom. The van der Waals surface area contributed by atoms with Gasteiger partial charge < -0.3 is 10.7 Å². The largest absolute Gasteiger partial charge is 0.367 e. The van der Waals surface area contributed by atoms with Crippen LogP contribution in [0.2, 0.25) is 0 Å². The van der Waals surface area contributed by atoms with Crippen LogP contribution in [0.4, 0.5) is 11.6 Å². The van der Waals surface area contributed by atoms with Crippen molar-refractivity contribution in [2.75, 3.05) is 10.7 Å². The van der Waals surface area contributed by atoms with E-state index in [0.29, 0.717) is 12.0 Å². The van der Waals surface area contributed by atoms with Crippen LogP contribution in [-0.2, 0) is 6.42 Å². The quantitative estimate of drug-likeness (QED) is 0.565. The van der Waals surface area contributed by atoms with Gasteiger partial charge in [0.1, 0.15) is 17.5 Å². The summed E-state index contributed by atoms with van der Waals surface area (Å²) in [6.07, 6.45) is 3.35. The minimum atomic E-state index is 0.315. The van der Waals surface area contributed by atoms with Gasteiger partial charge in [-0.2, -0.15) is 0 Å². The number of aromatic nitrogens is 2. The molecular weight excluding hydrogens is 282 g/mol. The first-order valence-corrected chi connectivity index (χ1v) is 8.19. The molecule has 4 N–H and O–H groups in total. The number of hydrogen-bond donors (Lipinski definition) is 3. The van der Waals surface area contributed by atoms with E-state index in [1.165, 1.54) is 17.7 Å². The first-order chi connectivity index (χ1) is 10.2. The van der Waals surface area contributed by atoms with Gasteiger partial charge in [0.25, 0.3) is 0 Å². The van der Waals surface area contributed by atoms with Gasteiger partial charge >= 0.3 is 0 Å². The zero-order valence-corrected chi connectivity index (χ0v) is 13.2. The van der Waals surface area contributed by atoms with Crippen LogP contribution in [-0.4, -0.2) is 16.0 Å². The van der Waals surface area contributed by atoms with E-state index in [0.717, 1.165) is 29.4 Å². The molecule has 1 aliphatic rings. The highest BCUT2D eigenvalue weighted by Gasteiger charge is 2.28. The summed E-state index contributed by atoms with van der Waals surface area (Å²) in [5.74, 6) is 8.60. The third kappa shape index (κ3) is 3.33. The van der Waals surface area contributed by atoms with Crippen molar-refractivity contribution < 1.29 is 0 Å². The maximum Gasteiger partial charge on any atom is 0.148 e. The Labute approximate surface area is 129 Å². The molecule has 21 heavy (non-hydrogen) atoms. The molecule has 6 heteroatoms. The molecule has 1 atom stereocenters. The maximum atomic E-state index is 5.58. The van der Waals surface area contributed by atoms with Crippen molar-refractivity contribution >= 4 is 23.0 Å². The van der Waals surface area contributed by atoms with Crippen molar-refractivity contribution in [3.63, 3.8) is 0 Å². The molecule has 1 saturated carbocycles. The van der Waals surface area contributed by atoms with Crippen molar-refractivity contribution in [2.45, 2.75) is 45.1 Å². The Bertz CT molecular complexity index is 607. The van der Waals surface area contributed by atoms with Gasteiger partial charge in [0.2, 0.25) is 0 Å². The van der Waals surface area contributed by atoms with Crippen LogP contribution >= 0.6 is 11.3 Å². The van der Waals surface area contributed by atoms with Crippen LogP contribution in [0.15, 0.2) is 17.5 Å². The van der Waals surface area contributed by atoms with E-state index >= 15 is 0 Å². The number of hydrazine groups is 1. The molecule has 0 spiro atoms. The van der Waals surface area contributed by atoms with Crippen LogP contribution in [0.1, 0.15) is 41.9 Å². The summed E-state index contributed by atoms with van der Waals surface area (Å²) in [7, 11) is 0. The SMILES string of the molecule is Cc1c(NN)nc(C2CC2)nc1NC(C)Cc1cccs1. The van der Waals surface area contributed by atoms with E-state index in [2.05, 4.69) is 40.2 Å². The molecule has 2 aromatic rings. The van der Waals surface area contributed by atoms with E-state index in [4.69, 9.17) is 10.8 Å². The summed E-state index contributed by atoms with van der Waals surface area (Å²) in [6.45, 7) is 4.17. The number of nitrogens with one attached hydrogen (secondary N) is 2. The summed E-state index contributed by atoms with van der Waals surface area (Å²) < 4.78 is 0. The second-order valence-corrected chi connectivity index (χ2v) is 6.68. The molecule has 0 bridgehead atoms. The zero-order chi connectivity index (χ0) is 14.8. The van der Waals surface area contributed by atoms with E-state index in [9.17, 15) is 0 Å². The lowest BCUT2D eigenvalue weighted by Gasteiger charge is -2.18. The molecule has 5 nitrogen and oxygen atoms in total. The molecule has 112 valence electrons. The number of hydrogen-bond acceptors (Lipinski definition) is 6. The Hall–Kier alpha value is -1.66. The summed E-state index contributed by atoms with van der Waals surface area (Å²) in [5.41, 5.74) is 3.66. The smallest absolute Gasteiger partial charge is 0.148 e. The van der Waals surface area contributed by atoms with E-state index in [1.807, 2.05) is 6.92 Å². The summed E-state index contributed by atoms with van der Waals surface area (Å²) in [4.78, 5) is 10.6. The molecule has 1 aliphatic carbocycles. The number of nitrogens with two attached hydrogens (primary N) is 1.